The fourth-order valence-corrected chi connectivity index (χ4v) is 2.95. The van der Waals surface area contributed by atoms with Crippen LogP contribution in [0.25, 0.3) is 10.8 Å². The van der Waals surface area contributed by atoms with Crippen LogP contribution in [0.3, 0.4) is 0 Å². The van der Waals surface area contributed by atoms with E-state index in [4.69, 9.17) is 12.2 Å². The van der Waals surface area contributed by atoms with E-state index >= 15 is 0 Å². The zero-order chi connectivity index (χ0) is 18.7. The van der Waals surface area contributed by atoms with Crippen molar-refractivity contribution in [2.24, 2.45) is 0 Å². The van der Waals surface area contributed by atoms with E-state index in [0.717, 1.165) is 16.5 Å². The second-order valence-corrected chi connectivity index (χ2v) is 6.77. The van der Waals surface area contributed by atoms with Crippen LogP contribution in [0.15, 0.2) is 60.7 Å². The van der Waals surface area contributed by atoms with Crippen molar-refractivity contribution >= 4 is 39.7 Å². The van der Waals surface area contributed by atoms with Crippen molar-refractivity contribution in [3.8, 4) is 5.75 Å². The molecule has 0 atom stereocenters. The molecule has 0 aliphatic heterocycles. The standard InChI is InChI=1S/C21H20N2O2S/c1-13(2)14-9-11-15(12-10-14)20(25)23-21(26)22-18-7-3-6-17-16(18)5-4-8-19(17)24/h3-13,24H,1-2H3,(H2,22,23,25,26). The van der Waals surface area contributed by atoms with Crippen LogP contribution in [-0.4, -0.2) is 16.1 Å². The maximum Gasteiger partial charge on any atom is 0.257 e. The molecular weight excluding hydrogens is 344 g/mol. The van der Waals surface area contributed by atoms with Crippen molar-refractivity contribution in [3.63, 3.8) is 0 Å². The summed E-state index contributed by atoms with van der Waals surface area (Å²) in [6.45, 7) is 4.21. The zero-order valence-corrected chi connectivity index (χ0v) is 15.4. The largest absolute Gasteiger partial charge is 0.507 e. The van der Waals surface area contributed by atoms with Gasteiger partial charge in [0.05, 0.1) is 0 Å². The molecule has 3 rings (SSSR count). The van der Waals surface area contributed by atoms with Crippen molar-refractivity contribution in [1.29, 1.82) is 0 Å². The molecule has 0 aliphatic rings. The Labute approximate surface area is 157 Å². The van der Waals surface area contributed by atoms with Gasteiger partial charge in [0.2, 0.25) is 0 Å². The van der Waals surface area contributed by atoms with E-state index < -0.39 is 0 Å². The Morgan fingerprint density at radius 2 is 1.62 bits per heavy atom. The third kappa shape index (κ3) is 3.83. The molecule has 0 unspecified atom stereocenters. The lowest BCUT2D eigenvalue weighted by Gasteiger charge is -2.13. The Morgan fingerprint density at radius 3 is 2.31 bits per heavy atom. The molecular formula is C21H20N2O2S. The molecule has 3 aromatic rings. The molecule has 132 valence electrons. The molecule has 0 heterocycles. The highest BCUT2D eigenvalue weighted by Crippen LogP contribution is 2.29. The van der Waals surface area contributed by atoms with Gasteiger partial charge in [-0.15, -0.1) is 0 Å². The van der Waals surface area contributed by atoms with Gasteiger partial charge in [-0.3, -0.25) is 10.1 Å². The van der Waals surface area contributed by atoms with E-state index in [9.17, 15) is 9.90 Å². The van der Waals surface area contributed by atoms with Gasteiger partial charge >= 0.3 is 0 Å². The molecule has 3 N–H and O–H groups in total. The number of hydrogen-bond donors (Lipinski definition) is 3. The van der Waals surface area contributed by atoms with Crippen LogP contribution in [0.2, 0.25) is 0 Å². The lowest BCUT2D eigenvalue weighted by Crippen LogP contribution is -2.34. The van der Waals surface area contributed by atoms with Gasteiger partial charge in [0, 0.05) is 22.0 Å². The normalized spacial score (nSPS) is 10.7. The van der Waals surface area contributed by atoms with Gasteiger partial charge < -0.3 is 10.4 Å². The predicted molar refractivity (Wildman–Crippen MR) is 110 cm³/mol. The highest BCUT2D eigenvalue weighted by molar-refractivity contribution is 7.80. The van der Waals surface area contributed by atoms with Crippen LogP contribution >= 0.6 is 12.2 Å². The zero-order valence-electron chi connectivity index (χ0n) is 14.6. The molecule has 0 aromatic heterocycles. The Hall–Kier alpha value is -2.92. The highest BCUT2D eigenvalue weighted by Gasteiger charge is 2.10. The van der Waals surface area contributed by atoms with Crippen LogP contribution in [0.4, 0.5) is 5.69 Å². The average molecular weight is 364 g/mol. The van der Waals surface area contributed by atoms with Crippen molar-refractivity contribution < 1.29 is 9.90 Å². The van der Waals surface area contributed by atoms with Crippen molar-refractivity contribution in [2.45, 2.75) is 19.8 Å². The lowest BCUT2D eigenvalue weighted by molar-refractivity contribution is 0.0977. The maximum absolute atomic E-state index is 12.4. The molecule has 3 aromatic carbocycles. The summed E-state index contributed by atoms with van der Waals surface area (Å²) in [5.74, 6) is 0.352. The number of benzene rings is 3. The number of aromatic hydroxyl groups is 1. The first-order chi connectivity index (χ1) is 12.5. The minimum atomic E-state index is -0.263. The minimum absolute atomic E-state index is 0.200. The topological polar surface area (TPSA) is 61.4 Å². The van der Waals surface area contributed by atoms with E-state index in [1.807, 2.05) is 36.4 Å². The number of fused-ring (bicyclic) bond motifs is 1. The summed E-state index contributed by atoms with van der Waals surface area (Å²) in [6, 6.07) is 18.3. The van der Waals surface area contributed by atoms with Crippen LogP contribution in [-0.2, 0) is 0 Å². The molecule has 1 amide bonds. The number of thiocarbonyl (C=S) groups is 1. The van der Waals surface area contributed by atoms with Crippen LogP contribution in [0.1, 0.15) is 35.7 Å². The molecule has 0 saturated carbocycles. The number of phenols is 1. The number of rotatable bonds is 3. The van der Waals surface area contributed by atoms with Crippen molar-refractivity contribution in [1.82, 2.24) is 5.32 Å². The molecule has 4 nitrogen and oxygen atoms in total. The number of phenolic OH excluding ortho intramolecular Hbond substituents is 1. The summed E-state index contributed by atoms with van der Waals surface area (Å²) in [5, 5.41) is 17.4. The SMILES string of the molecule is CC(C)c1ccc(C(=O)NC(=S)Nc2cccc3c(O)cccc23)cc1. The van der Waals surface area contributed by atoms with E-state index in [1.165, 1.54) is 5.56 Å². The average Bonchev–Trinajstić information content (AvgIpc) is 2.62. The van der Waals surface area contributed by atoms with Crippen molar-refractivity contribution in [3.05, 3.63) is 71.8 Å². The van der Waals surface area contributed by atoms with Gasteiger partial charge in [0.1, 0.15) is 5.75 Å². The Kier molecular flexibility index (Phi) is 5.19. The molecule has 0 spiro atoms. The predicted octanol–water partition coefficient (Wildman–Crippen LogP) is 4.80. The van der Waals surface area contributed by atoms with Gasteiger partial charge in [0.15, 0.2) is 5.11 Å². The fourth-order valence-electron chi connectivity index (χ4n) is 2.75. The summed E-state index contributed by atoms with van der Waals surface area (Å²) in [5.41, 5.74) is 2.45. The van der Waals surface area contributed by atoms with E-state index in [-0.39, 0.29) is 16.8 Å². The van der Waals surface area contributed by atoms with Gasteiger partial charge in [-0.2, -0.15) is 0 Å². The Bertz CT molecular complexity index is 965. The maximum atomic E-state index is 12.4. The fraction of sp³-hybridized carbons (Fsp3) is 0.143. The number of hydrogen-bond acceptors (Lipinski definition) is 3. The second-order valence-electron chi connectivity index (χ2n) is 6.36. The summed E-state index contributed by atoms with van der Waals surface area (Å²) < 4.78 is 0. The van der Waals surface area contributed by atoms with Gasteiger partial charge in [-0.05, 0) is 48.0 Å². The quantitative estimate of drug-likeness (QED) is 0.585. The molecule has 0 bridgehead atoms. The van der Waals surface area contributed by atoms with E-state index in [2.05, 4.69) is 24.5 Å². The second kappa shape index (κ2) is 7.54. The highest BCUT2D eigenvalue weighted by atomic mass is 32.1. The summed E-state index contributed by atoms with van der Waals surface area (Å²) in [7, 11) is 0. The molecule has 0 radical (unpaired) electrons. The number of anilines is 1. The first kappa shape index (κ1) is 17.9. The summed E-state index contributed by atoms with van der Waals surface area (Å²) >= 11 is 5.27. The number of nitrogens with one attached hydrogen (secondary N) is 2. The minimum Gasteiger partial charge on any atom is -0.507 e. The summed E-state index contributed by atoms with van der Waals surface area (Å²) in [4.78, 5) is 12.4. The Balaban J connectivity index is 1.73. The molecule has 0 aliphatic carbocycles. The lowest BCUT2D eigenvalue weighted by atomic mass is 10.0. The number of carbonyl (C=O) groups excluding carboxylic acids is 1. The van der Waals surface area contributed by atoms with E-state index in [0.29, 0.717) is 11.5 Å². The number of amides is 1. The third-order valence-electron chi connectivity index (χ3n) is 4.21. The van der Waals surface area contributed by atoms with Crippen molar-refractivity contribution in [2.75, 3.05) is 5.32 Å². The van der Waals surface area contributed by atoms with E-state index in [1.54, 1.807) is 24.3 Å². The van der Waals surface area contributed by atoms with Crippen LogP contribution < -0.4 is 10.6 Å². The molecule has 0 saturated heterocycles. The smallest absolute Gasteiger partial charge is 0.257 e. The first-order valence-corrected chi connectivity index (χ1v) is 8.79. The van der Waals surface area contributed by atoms with Gasteiger partial charge in [-0.1, -0.05) is 50.2 Å². The van der Waals surface area contributed by atoms with Gasteiger partial charge in [0.25, 0.3) is 5.91 Å². The molecule has 0 fully saturated rings. The first-order valence-electron chi connectivity index (χ1n) is 8.38. The summed E-state index contributed by atoms with van der Waals surface area (Å²) in [6.07, 6.45) is 0. The number of carbonyl (C=O) groups is 1. The monoisotopic (exact) mass is 364 g/mol. The molecule has 5 heteroatoms. The van der Waals surface area contributed by atoms with Crippen LogP contribution in [0.5, 0.6) is 5.75 Å². The Morgan fingerprint density at radius 1 is 0.962 bits per heavy atom. The third-order valence-corrected chi connectivity index (χ3v) is 4.42. The van der Waals surface area contributed by atoms with Crippen LogP contribution in [0, 0.1) is 0 Å². The molecule has 26 heavy (non-hydrogen) atoms. The van der Waals surface area contributed by atoms with Gasteiger partial charge in [-0.25, -0.2) is 0 Å².